The van der Waals surface area contributed by atoms with E-state index in [0.29, 0.717) is 19.3 Å². The third-order valence-electron chi connectivity index (χ3n) is 9.49. The maximum Gasteiger partial charge on any atom is 0.472 e. The SMILES string of the molecule is CCCCC[C@@H](O)/C=C/C=C\C/C=C\C/C=C\CCCC(=O)OC[C@H](COP(=O)(O)OC[C@@H](O)COP(=O)(O)O)OC(=O)CCCCCCCCCCCCCCCC(C)C. The van der Waals surface area contributed by atoms with Gasteiger partial charge in [-0.05, 0) is 44.4 Å². The van der Waals surface area contributed by atoms with E-state index in [0.717, 1.165) is 70.1 Å². The van der Waals surface area contributed by atoms with Crippen molar-refractivity contribution < 1.29 is 66.7 Å². The molecule has 0 aliphatic rings. The van der Waals surface area contributed by atoms with Crippen LogP contribution in [0.2, 0.25) is 0 Å². The lowest BCUT2D eigenvalue weighted by atomic mass is 10.0. The van der Waals surface area contributed by atoms with Crippen molar-refractivity contribution in [3.05, 3.63) is 48.6 Å². The summed E-state index contributed by atoms with van der Waals surface area (Å²) in [5, 5.41) is 19.6. The van der Waals surface area contributed by atoms with Crippen LogP contribution in [0.15, 0.2) is 48.6 Å². The molecule has 0 aromatic carbocycles. The summed E-state index contributed by atoms with van der Waals surface area (Å²) in [5.41, 5.74) is 0. The molecule has 0 aliphatic carbocycles. The second-order valence-electron chi connectivity index (χ2n) is 16.0. The molecule has 356 valence electrons. The van der Waals surface area contributed by atoms with Crippen LogP contribution in [0.4, 0.5) is 0 Å². The van der Waals surface area contributed by atoms with Crippen LogP contribution in [0.5, 0.6) is 0 Å². The van der Waals surface area contributed by atoms with Gasteiger partial charge in [0.1, 0.15) is 12.7 Å². The maximum atomic E-state index is 12.7. The molecule has 1 unspecified atom stereocenters. The van der Waals surface area contributed by atoms with E-state index in [1.54, 1.807) is 0 Å². The number of allylic oxidation sites excluding steroid dienone is 7. The van der Waals surface area contributed by atoms with Crippen molar-refractivity contribution in [2.75, 3.05) is 26.4 Å². The van der Waals surface area contributed by atoms with Crippen molar-refractivity contribution in [2.24, 2.45) is 5.92 Å². The summed E-state index contributed by atoms with van der Waals surface area (Å²) < 4.78 is 47.7. The monoisotopic (exact) mass is 909 g/mol. The molecule has 0 fully saturated rings. The fourth-order valence-corrected chi connectivity index (χ4v) is 7.14. The van der Waals surface area contributed by atoms with Crippen molar-refractivity contribution >= 4 is 27.6 Å². The molecule has 0 heterocycles. The van der Waals surface area contributed by atoms with Gasteiger partial charge in [0.15, 0.2) is 6.10 Å². The largest absolute Gasteiger partial charge is 0.472 e. The second-order valence-corrected chi connectivity index (χ2v) is 18.7. The number of aliphatic hydroxyl groups is 2. The second kappa shape index (κ2) is 39.6. The minimum atomic E-state index is -4.87. The van der Waals surface area contributed by atoms with Crippen LogP contribution in [-0.2, 0) is 41.8 Å². The van der Waals surface area contributed by atoms with Crippen LogP contribution in [0, 0.1) is 5.92 Å². The van der Waals surface area contributed by atoms with Crippen LogP contribution >= 0.6 is 15.6 Å². The topological polar surface area (TPSA) is 216 Å². The Kier molecular flexibility index (Phi) is 38.3. The molecule has 0 rings (SSSR count). The molecule has 4 atom stereocenters. The standard InChI is InChI=1S/C45H82O14P2/c1-4-5-26-32-41(46)33-28-23-19-15-11-9-13-16-20-24-29-34-44(48)55-38-43(39-58-61(53,54)57-37-42(47)36-56-60(50,51)52)59-45(49)35-30-25-21-17-12-8-6-7-10-14-18-22-27-31-40(2)3/h9,11,16,19-20,23,28,33,40-43,46-47H,4-8,10,12-15,17-18,21-22,24-27,29-32,34-39H2,1-3H3,(H,53,54)(H2,50,51,52)/b11-9-,20-16-,23-19-,33-28+/t41-,42+,43-/m1/s1. The van der Waals surface area contributed by atoms with E-state index in [2.05, 4.69) is 29.8 Å². The fraction of sp³-hybridized carbons (Fsp3) is 0.778. The number of ether oxygens (including phenoxy) is 2. The van der Waals surface area contributed by atoms with Gasteiger partial charge in [-0.25, -0.2) is 9.13 Å². The third kappa shape index (κ3) is 44.4. The quantitative estimate of drug-likeness (QED) is 0.0127. The van der Waals surface area contributed by atoms with Crippen LogP contribution in [0.3, 0.4) is 0 Å². The lowest BCUT2D eigenvalue weighted by Crippen LogP contribution is -2.30. The van der Waals surface area contributed by atoms with Gasteiger partial charge < -0.3 is 34.4 Å². The zero-order valence-electron chi connectivity index (χ0n) is 37.5. The number of carbonyl (C=O) groups is 2. The van der Waals surface area contributed by atoms with Gasteiger partial charge in [-0.2, -0.15) is 0 Å². The number of phosphoric ester groups is 2. The molecule has 0 saturated carbocycles. The Morgan fingerprint density at radius 3 is 1.70 bits per heavy atom. The average Bonchev–Trinajstić information content (AvgIpc) is 3.20. The molecular formula is C45H82O14P2. The summed E-state index contributed by atoms with van der Waals surface area (Å²) >= 11 is 0. The van der Waals surface area contributed by atoms with Crippen LogP contribution in [0.25, 0.3) is 0 Å². The molecule has 0 saturated heterocycles. The minimum absolute atomic E-state index is 0.0993. The molecule has 61 heavy (non-hydrogen) atoms. The molecule has 0 spiro atoms. The molecule has 0 radical (unpaired) electrons. The highest BCUT2D eigenvalue weighted by Crippen LogP contribution is 2.43. The average molecular weight is 909 g/mol. The number of hydrogen-bond acceptors (Lipinski definition) is 11. The molecule has 0 aromatic heterocycles. The lowest BCUT2D eigenvalue weighted by molar-refractivity contribution is -0.161. The molecule has 0 bridgehead atoms. The first-order valence-corrected chi connectivity index (χ1v) is 25.8. The molecule has 14 nitrogen and oxygen atoms in total. The van der Waals surface area contributed by atoms with Gasteiger partial charge in [-0.3, -0.25) is 23.2 Å². The van der Waals surface area contributed by atoms with Crippen molar-refractivity contribution in [3.8, 4) is 0 Å². The molecule has 0 aliphatic heterocycles. The zero-order valence-corrected chi connectivity index (χ0v) is 39.3. The van der Waals surface area contributed by atoms with E-state index in [4.69, 9.17) is 23.8 Å². The van der Waals surface area contributed by atoms with E-state index in [9.17, 15) is 33.8 Å². The zero-order chi connectivity index (χ0) is 45.5. The van der Waals surface area contributed by atoms with Gasteiger partial charge in [0, 0.05) is 12.8 Å². The van der Waals surface area contributed by atoms with E-state index < -0.39 is 72.3 Å². The molecular weight excluding hydrogens is 826 g/mol. The number of aliphatic hydroxyl groups excluding tert-OH is 2. The molecule has 5 N–H and O–H groups in total. The van der Waals surface area contributed by atoms with Crippen molar-refractivity contribution in [3.63, 3.8) is 0 Å². The minimum Gasteiger partial charge on any atom is -0.462 e. The summed E-state index contributed by atoms with van der Waals surface area (Å²) in [4.78, 5) is 52.7. The first-order valence-electron chi connectivity index (χ1n) is 22.8. The summed E-state index contributed by atoms with van der Waals surface area (Å²) in [6.45, 7) is 3.89. The molecule has 16 heteroatoms. The van der Waals surface area contributed by atoms with Gasteiger partial charge >= 0.3 is 27.6 Å². The first kappa shape index (κ1) is 59.0. The van der Waals surface area contributed by atoms with Gasteiger partial charge in [-0.15, -0.1) is 0 Å². The Bertz CT molecular complexity index is 1300. The Labute approximate surface area is 367 Å². The van der Waals surface area contributed by atoms with Gasteiger partial charge in [0.05, 0.1) is 25.9 Å². The van der Waals surface area contributed by atoms with Crippen LogP contribution in [-0.4, -0.2) is 81.6 Å². The normalized spacial score (nSPS) is 15.0. The smallest absolute Gasteiger partial charge is 0.462 e. The molecule has 0 aromatic rings. The van der Waals surface area contributed by atoms with E-state index >= 15 is 0 Å². The van der Waals surface area contributed by atoms with Gasteiger partial charge in [0.25, 0.3) is 0 Å². The van der Waals surface area contributed by atoms with Crippen LogP contribution < -0.4 is 0 Å². The Balaban J connectivity index is 4.61. The summed E-state index contributed by atoms with van der Waals surface area (Å²) in [6.07, 6.45) is 35.8. The highest BCUT2D eigenvalue weighted by molar-refractivity contribution is 7.47. The van der Waals surface area contributed by atoms with Gasteiger partial charge in [-0.1, -0.05) is 172 Å². The number of unbranched alkanes of at least 4 members (excludes halogenated alkanes) is 15. The number of hydrogen-bond donors (Lipinski definition) is 5. The number of phosphoric acid groups is 2. The van der Waals surface area contributed by atoms with Crippen LogP contribution in [0.1, 0.15) is 175 Å². The summed E-state index contributed by atoms with van der Waals surface area (Å²) in [7, 11) is -9.70. The number of carbonyl (C=O) groups excluding carboxylic acids is 2. The Hall–Kier alpha value is -1.96. The van der Waals surface area contributed by atoms with E-state index in [1.807, 2.05) is 48.6 Å². The number of rotatable bonds is 42. The fourth-order valence-electron chi connectivity index (χ4n) is 5.99. The summed E-state index contributed by atoms with van der Waals surface area (Å²) in [6, 6.07) is 0. The summed E-state index contributed by atoms with van der Waals surface area (Å²) in [5.74, 6) is -0.327. The highest BCUT2D eigenvalue weighted by Gasteiger charge is 2.28. The predicted octanol–water partition coefficient (Wildman–Crippen LogP) is 10.7. The van der Waals surface area contributed by atoms with E-state index in [-0.39, 0.29) is 12.8 Å². The van der Waals surface area contributed by atoms with Crippen molar-refractivity contribution in [1.29, 1.82) is 0 Å². The number of esters is 2. The van der Waals surface area contributed by atoms with E-state index in [1.165, 1.54) is 57.8 Å². The Morgan fingerprint density at radius 1 is 0.574 bits per heavy atom. The van der Waals surface area contributed by atoms with Gasteiger partial charge in [0.2, 0.25) is 0 Å². The first-order chi connectivity index (χ1) is 29.1. The maximum absolute atomic E-state index is 12.7. The predicted molar refractivity (Wildman–Crippen MR) is 240 cm³/mol. The molecule has 0 amide bonds. The third-order valence-corrected chi connectivity index (χ3v) is 10.9. The van der Waals surface area contributed by atoms with Crippen molar-refractivity contribution in [2.45, 2.75) is 193 Å². The highest BCUT2D eigenvalue weighted by atomic mass is 31.2. The lowest BCUT2D eigenvalue weighted by Gasteiger charge is -2.20. The Morgan fingerprint density at radius 2 is 1.10 bits per heavy atom. The van der Waals surface area contributed by atoms with Crippen molar-refractivity contribution in [1.82, 2.24) is 0 Å².